The fourth-order valence-electron chi connectivity index (χ4n) is 5.08. The zero-order valence-corrected chi connectivity index (χ0v) is 22.7. The lowest BCUT2D eigenvalue weighted by molar-refractivity contribution is -0.152. The van der Waals surface area contributed by atoms with Crippen molar-refractivity contribution in [2.45, 2.75) is 57.0 Å². The van der Waals surface area contributed by atoms with Crippen molar-refractivity contribution in [2.75, 3.05) is 25.0 Å². The molecule has 0 aliphatic carbocycles. The van der Waals surface area contributed by atoms with Crippen LogP contribution in [0, 0.1) is 0 Å². The van der Waals surface area contributed by atoms with Crippen molar-refractivity contribution >= 4 is 40.5 Å². The predicted molar refractivity (Wildman–Crippen MR) is 144 cm³/mol. The first-order chi connectivity index (χ1) is 19.1. The topological polar surface area (TPSA) is 190 Å². The molecule has 0 bridgehead atoms. The normalized spacial score (nSPS) is 26.7. The van der Waals surface area contributed by atoms with Gasteiger partial charge in [0, 0.05) is 42.3 Å². The lowest BCUT2D eigenvalue weighted by Crippen LogP contribution is -2.56. The SMILES string of the molecule is CC1CN(C(=O)COc2ccc(Cl)cc2CNc2ncnc3c2ncn3C2OC(C(=O)O)C(N)C2O)CC(C)N1. The van der Waals surface area contributed by atoms with Gasteiger partial charge in [0.2, 0.25) is 0 Å². The molecule has 40 heavy (non-hydrogen) atoms. The molecule has 2 aromatic heterocycles. The predicted octanol–water partition coefficient (Wildman–Crippen LogP) is 0.350. The van der Waals surface area contributed by atoms with E-state index in [1.807, 2.05) is 13.8 Å². The number of imidazole rings is 1. The number of aromatic nitrogens is 4. The van der Waals surface area contributed by atoms with Crippen LogP contribution in [0.2, 0.25) is 5.02 Å². The van der Waals surface area contributed by atoms with Crippen LogP contribution >= 0.6 is 11.6 Å². The van der Waals surface area contributed by atoms with Gasteiger partial charge in [-0.15, -0.1) is 0 Å². The molecule has 15 heteroatoms. The summed E-state index contributed by atoms with van der Waals surface area (Å²) in [5.74, 6) is -0.498. The highest BCUT2D eigenvalue weighted by Crippen LogP contribution is 2.32. The van der Waals surface area contributed by atoms with Gasteiger partial charge in [0.1, 0.15) is 18.2 Å². The molecule has 6 N–H and O–H groups in total. The molecule has 4 heterocycles. The van der Waals surface area contributed by atoms with Crippen LogP contribution < -0.4 is 21.1 Å². The second-order valence-electron chi connectivity index (χ2n) is 10.1. The number of amides is 1. The molecular weight excluding hydrogens is 544 g/mol. The molecule has 5 rings (SSSR count). The Bertz CT molecular complexity index is 1390. The molecule has 3 aromatic rings. The molecule has 14 nitrogen and oxygen atoms in total. The number of aliphatic hydroxyl groups is 1. The second kappa shape index (κ2) is 11.5. The van der Waals surface area contributed by atoms with Crippen LogP contribution in [0.25, 0.3) is 11.2 Å². The number of carboxylic acids is 1. The van der Waals surface area contributed by atoms with Gasteiger partial charge in [-0.25, -0.2) is 19.7 Å². The Labute approximate surface area is 234 Å². The Hall–Kier alpha value is -3.56. The number of halogens is 1. The van der Waals surface area contributed by atoms with Crippen molar-refractivity contribution < 1.29 is 29.3 Å². The van der Waals surface area contributed by atoms with E-state index in [-0.39, 0.29) is 31.1 Å². The third-order valence-electron chi connectivity index (χ3n) is 6.93. The number of benzene rings is 1. The first kappa shape index (κ1) is 28.0. The molecule has 1 aromatic carbocycles. The van der Waals surface area contributed by atoms with Crippen LogP contribution in [0.1, 0.15) is 25.6 Å². The fourth-order valence-corrected chi connectivity index (χ4v) is 5.27. The molecule has 0 radical (unpaired) electrons. The summed E-state index contributed by atoms with van der Waals surface area (Å²) >= 11 is 6.25. The molecule has 6 unspecified atom stereocenters. The van der Waals surface area contributed by atoms with E-state index in [1.54, 1.807) is 23.1 Å². The number of rotatable bonds is 8. The maximum Gasteiger partial charge on any atom is 0.334 e. The van der Waals surface area contributed by atoms with E-state index >= 15 is 0 Å². The summed E-state index contributed by atoms with van der Waals surface area (Å²) < 4.78 is 12.8. The Morgan fingerprint density at radius 3 is 2.70 bits per heavy atom. The van der Waals surface area contributed by atoms with Crippen LogP contribution in [-0.4, -0.2) is 96.5 Å². The molecule has 2 fully saturated rings. The van der Waals surface area contributed by atoms with E-state index in [0.29, 0.717) is 46.4 Å². The van der Waals surface area contributed by atoms with Gasteiger partial charge in [-0.2, -0.15) is 0 Å². The van der Waals surface area contributed by atoms with E-state index in [4.69, 9.17) is 26.8 Å². The van der Waals surface area contributed by atoms with Gasteiger partial charge in [0.25, 0.3) is 5.91 Å². The zero-order chi connectivity index (χ0) is 28.6. The number of aliphatic hydroxyl groups excluding tert-OH is 1. The van der Waals surface area contributed by atoms with Gasteiger partial charge in [-0.1, -0.05) is 11.6 Å². The van der Waals surface area contributed by atoms with Crippen molar-refractivity contribution in [3.63, 3.8) is 0 Å². The smallest absolute Gasteiger partial charge is 0.334 e. The number of carbonyl (C=O) groups is 2. The number of hydrogen-bond acceptors (Lipinski definition) is 11. The van der Waals surface area contributed by atoms with Gasteiger partial charge >= 0.3 is 5.97 Å². The number of aliphatic carboxylic acids is 1. The van der Waals surface area contributed by atoms with E-state index < -0.39 is 30.4 Å². The Balaban J connectivity index is 1.30. The van der Waals surface area contributed by atoms with E-state index in [2.05, 4.69) is 25.6 Å². The highest BCUT2D eigenvalue weighted by Gasteiger charge is 2.46. The lowest BCUT2D eigenvalue weighted by Gasteiger charge is -2.36. The van der Waals surface area contributed by atoms with Gasteiger partial charge in [-0.3, -0.25) is 9.36 Å². The van der Waals surface area contributed by atoms with E-state index in [1.165, 1.54) is 17.2 Å². The highest BCUT2D eigenvalue weighted by atomic mass is 35.5. The average molecular weight is 575 g/mol. The number of carboxylic acid groups (broad SMARTS) is 1. The summed E-state index contributed by atoms with van der Waals surface area (Å²) in [6.07, 6.45) is -1.06. The second-order valence-corrected chi connectivity index (χ2v) is 10.5. The van der Waals surface area contributed by atoms with Gasteiger partial charge in [0.05, 0.1) is 12.4 Å². The molecule has 214 valence electrons. The van der Waals surface area contributed by atoms with Crippen molar-refractivity contribution in [1.29, 1.82) is 0 Å². The van der Waals surface area contributed by atoms with Gasteiger partial charge in [-0.05, 0) is 32.0 Å². The van der Waals surface area contributed by atoms with E-state index in [0.717, 1.165) is 0 Å². The minimum atomic E-state index is -1.37. The number of nitrogens with two attached hydrogens (primary N) is 1. The monoisotopic (exact) mass is 574 g/mol. The third kappa shape index (κ3) is 5.67. The van der Waals surface area contributed by atoms with Crippen LogP contribution in [0.5, 0.6) is 5.75 Å². The van der Waals surface area contributed by atoms with Gasteiger partial charge < -0.3 is 41.0 Å². The Morgan fingerprint density at radius 2 is 2.00 bits per heavy atom. The van der Waals surface area contributed by atoms with Crippen LogP contribution in [0.15, 0.2) is 30.9 Å². The molecule has 0 saturated carbocycles. The molecule has 2 aliphatic heterocycles. The summed E-state index contributed by atoms with van der Waals surface area (Å²) in [5.41, 5.74) is 7.22. The Morgan fingerprint density at radius 1 is 1.25 bits per heavy atom. The number of ether oxygens (including phenoxy) is 2. The first-order valence-electron chi connectivity index (χ1n) is 12.8. The number of nitrogens with zero attached hydrogens (tertiary/aromatic N) is 5. The minimum absolute atomic E-state index is 0.0988. The number of anilines is 1. The fraction of sp³-hybridized carbons (Fsp3) is 0.480. The standard InChI is InChI=1S/C25H31ClN8O6/c1-12-7-33(8-13(2)32-12)17(35)9-39-16-4-3-15(26)5-14(16)6-28-22-19-23(30-10-29-22)34(11-31-19)24-20(36)18(27)21(40-24)25(37)38/h3-5,10-13,18,20-21,24,32,36H,6-9,27H2,1-2H3,(H,37,38)(H,28,29,30). The first-order valence-corrected chi connectivity index (χ1v) is 13.2. The third-order valence-corrected chi connectivity index (χ3v) is 7.16. The quantitative estimate of drug-likeness (QED) is 0.248. The number of hydrogen-bond donors (Lipinski definition) is 5. The number of piperazine rings is 1. The zero-order valence-electron chi connectivity index (χ0n) is 21.9. The highest BCUT2D eigenvalue weighted by molar-refractivity contribution is 6.30. The van der Waals surface area contributed by atoms with Crippen molar-refractivity contribution in [3.05, 3.63) is 41.4 Å². The molecule has 2 saturated heterocycles. The summed E-state index contributed by atoms with van der Waals surface area (Å²) in [6, 6.07) is 4.42. The largest absolute Gasteiger partial charge is 0.483 e. The van der Waals surface area contributed by atoms with Crippen LogP contribution in [0.4, 0.5) is 5.82 Å². The van der Waals surface area contributed by atoms with Crippen molar-refractivity contribution in [3.8, 4) is 5.75 Å². The van der Waals surface area contributed by atoms with Gasteiger partial charge in [0.15, 0.2) is 35.9 Å². The molecule has 1 amide bonds. The summed E-state index contributed by atoms with van der Waals surface area (Å²) in [7, 11) is 0. The van der Waals surface area contributed by atoms with Crippen molar-refractivity contribution in [1.82, 2.24) is 29.7 Å². The van der Waals surface area contributed by atoms with Crippen molar-refractivity contribution in [2.24, 2.45) is 5.73 Å². The van der Waals surface area contributed by atoms with Crippen LogP contribution in [0.3, 0.4) is 0 Å². The molecule has 2 aliphatic rings. The molecular formula is C25H31ClN8O6. The van der Waals surface area contributed by atoms with E-state index in [9.17, 15) is 19.8 Å². The van der Waals surface area contributed by atoms with Crippen LogP contribution in [-0.2, 0) is 20.9 Å². The molecule has 6 atom stereocenters. The number of nitrogens with one attached hydrogen (secondary N) is 2. The molecule has 0 spiro atoms. The summed E-state index contributed by atoms with van der Waals surface area (Å²) in [6.45, 7) is 5.43. The lowest BCUT2D eigenvalue weighted by atomic mass is 10.1. The number of fused-ring (bicyclic) bond motifs is 1. The maximum absolute atomic E-state index is 12.8. The number of carbonyl (C=O) groups excluding carboxylic acids is 1. The maximum atomic E-state index is 12.8. The summed E-state index contributed by atoms with van der Waals surface area (Å²) in [4.78, 5) is 38.9. The minimum Gasteiger partial charge on any atom is -0.483 e. The average Bonchev–Trinajstić information content (AvgIpc) is 3.47. The Kier molecular flexibility index (Phi) is 8.05. The summed E-state index contributed by atoms with van der Waals surface area (Å²) in [5, 5.41) is 26.9.